The van der Waals surface area contributed by atoms with Crippen molar-refractivity contribution in [2.24, 2.45) is 0 Å². The predicted octanol–water partition coefficient (Wildman–Crippen LogP) is 3.30. The van der Waals surface area contributed by atoms with Gasteiger partial charge in [0.15, 0.2) is 5.75 Å². The van der Waals surface area contributed by atoms with Gasteiger partial charge in [0.05, 0.1) is 10.5 Å². The van der Waals surface area contributed by atoms with Crippen molar-refractivity contribution in [1.29, 1.82) is 0 Å². The molecule has 0 unspecified atom stereocenters. The Morgan fingerprint density at radius 1 is 1.17 bits per heavy atom. The van der Waals surface area contributed by atoms with Gasteiger partial charge in [-0.05, 0) is 25.1 Å². The average molecular weight is 384 g/mol. The molecule has 2 rings (SSSR count). The fraction of sp³-hybridized carbons (Fsp3) is 0.0714. The van der Waals surface area contributed by atoms with E-state index in [1.54, 1.807) is 0 Å². The summed E-state index contributed by atoms with van der Waals surface area (Å²) < 4.78 is 0.464. The summed E-state index contributed by atoms with van der Waals surface area (Å²) in [7, 11) is 0. The summed E-state index contributed by atoms with van der Waals surface area (Å²) in [6.07, 6.45) is 0. The maximum atomic E-state index is 11.4. The van der Waals surface area contributed by atoms with Crippen molar-refractivity contribution < 1.29 is 30.1 Å². The minimum atomic E-state index is -1.61. The van der Waals surface area contributed by atoms with Crippen LogP contribution in [0.25, 0.3) is 16.3 Å². The van der Waals surface area contributed by atoms with Gasteiger partial charge in [-0.1, -0.05) is 15.9 Å². The van der Waals surface area contributed by atoms with E-state index in [2.05, 4.69) is 15.9 Å². The van der Waals surface area contributed by atoms with Gasteiger partial charge in [0.1, 0.15) is 11.3 Å². The molecule has 0 aliphatic carbocycles. The fourth-order valence-electron chi connectivity index (χ4n) is 2.29. The van der Waals surface area contributed by atoms with Gasteiger partial charge in [-0.2, -0.15) is 0 Å². The molecule has 2 aromatic rings. The standard InChI is InChI=1S/C14H10BrNO7/c1-5(17)9(14(20)21)10-8-4-6(15)2-3-7(8)12(18)13(19)11(10)16(22)23/h2-4,17-19H,1H3,(H,20,21). The van der Waals surface area contributed by atoms with Crippen LogP contribution in [0.1, 0.15) is 12.5 Å². The molecule has 120 valence electrons. The topological polar surface area (TPSA) is 141 Å². The third kappa shape index (κ3) is 2.66. The zero-order chi connectivity index (χ0) is 17.5. The number of carboxylic acid groups (broad SMARTS) is 1. The van der Waals surface area contributed by atoms with E-state index in [0.717, 1.165) is 6.92 Å². The molecule has 0 heterocycles. The SMILES string of the molecule is CC(O)=C(C(=O)O)c1c([N+](=O)[O-])c(O)c(O)c2ccc(Br)cc12. The number of nitro benzene ring substituents is 1. The number of carboxylic acids is 1. The molecule has 8 nitrogen and oxygen atoms in total. The third-order valence-electron chi connectivity index (χ3n) is 3.20. The van der Waals surface area contributed by atoms with Crippen molar-refractivity contribution in [2.75, 3.05) is 0 Å². The number of rotatable bonds is 3. The monoisotopic (exact) mass is 383 g/mol. The fourth-order valence-corrected chi connectivity index (χ4v) is 2.65. The predicted molar refractivity (Wildman–Crippen MR) is 84.5 cm³/mol. The molecule has 0 aromatic heterocycles. The van der Waals surface area contributed by atoms with E-state index in [1.165, 1.54) is 18.2 Å². The molecule has 0 aliphatic heterocycles. The number of aliphatic carboxylic acids is 1. The number of phenols is 2. The lowest BCUT2D eigenvalue weighted by atomic mass is 9.94. The van der Waals surface area contributed by atoms with E-state index in [1.807, 2.05) is 0 Å². The van der Waals surface area contributed by atoms with Crippen molar-refractivity contribution >= 4 is 43.9 Å². The molecule has 0 spiro atoms. The maximum absolute atomic E-state index is 11.4. The first-order chi connectivity index (χ1) is 10.7. The van der Waals surface area contributed by atoms with Crippen molar-refractivity contribution in [3.63, 3.8) is 0 Å². The number of hydrogen-bond acceptors (Lipinski definition) is 6. The van der Waals surface area contributed by atoms with Gasteiger partial charge in [0.2, 0.25) is 5.75 Å². The molecule has 0 amide bonds. The summed E-state index contributed by atoms with van der Waals surface area (Å²) in [5.41, 5.74) is -2.23. The third-order valence-corrected chi connectivity index (χ3v) is 3.69. The smallest absolute Gasteiger partial charge is 0.340 e. The average Bonchev–Trinajstić information content (AvgIpc) is 2.43. The number of aliphatic hydroxyl groups is 1. The van der Waals surface area contributed by atoms with Crippen molar-refractivity contribution in [3.8, 4) is 11.5 Å². The molecule has 9 heteroatoms. The summed E-state index contributed by atoms with van der Waals surface area (Å²) >= 11 is 3.15. The minimum Gasteiger partial charge on any atom is -0.512 e. The van der Waals surface area contributed by atoms with Crippen molar-refractivity contribution in [2.45, 2.75) is 6.92 Å². The largest absolute Gasteiger partial charge is 0.512 e. The molecule has 23 heavy (non-hydrogen) atoms. The molecule has 0 saturated carbocycles. The highest BCUT2D eigenvalue weighted by Gasteiger charge is 2.33. The lowest BCUT2D eigenvalue weighted by Gasteiger charge is -2.13. The number of benzene rings is 2. The van der Waals surface area contributed by atoms with Crippen LogP contribution in [0.3, 0.4) is 0 Å². The van der Waals surface area contributed by atoms with Crippen LogP contribution in [-0.4, -0.2) is 31.3 Å². The Morgan fingerprint density at radius 3 is 2.26 bits per heavy atom. The molecular formula is C14H10BrNO7. The van der Waals surface area contributed by atoms with Crippen LogP contribution in [-0.2, 0) is 4.79 Å². The number of nitrogens with zero attached hydrogens (tertiary/aromatic N) is 1. The summed E-state index contributed by atoms with van der Waals surface area (Å²) in [6.45, 7) is 1.06. The molecule has 0 aliphatic rings. The summed E-state index contributed by atoms with van der Waals surface area (Å²) in [6, 6.07) is 4.21. The van der Waals surface area contributed by atoms with Crippen molar-refractivity contribution in [1.82, 2.24) is 0 Å². The lowest BCUT2D eigenvalue weighted by molar-refractivity contribution is -0.386. The number of halogens is 1. The van der Waals surface area contributed by atoms with E-state index in [0.29, 0.717) is 4.47 Å². The second-order valence-electron chi connectivity index (χ2n) is 4.63. The van der Waals surface area contributed by atoms with E-state index in [-0.39, 0.29) is 10.8 Å². The number of phenolic OH excluding ortho intramolecular Hbond substituents is 2. The van der Waals surface area contributed by atoms with E-state index >= 15 is 0 Å². The quantitative estimate of drug-likeness (QED) is 0.209. The van der Waals surface area contributed by atoms with Crippen LogP contribution in [0, 0.1) is 10.1 Å². The number of fused-ring (bicyclic) bond motifs is 1. The summed E-state index contributed by atoms with van der Waals surface area (Å²) in [5, 5.41) is 50.1. The van der Waals surface area contributed by atoms with E-state index < -0.39 is 45.0 Å². The number of hydrogen-bond donors (Lipinski definition) is 4. The van der Waals surface area contributed by atoms with Crippen LogP contribution in [0.15, 0.2) is 28.4 Å². The second-order valence-corrected chi connectivity index (χ2v) is 5.55. The van der Waals surface area contributed by atoms with E-state index in [9.17, 15) is 35.3 Å². The highest BCUT2D eigenvalue weighted by atomic mass is 79.9. The van der Waals surface area contributed by atoms with Crippen LogP contribution >= 0.6 is 15.9 Å². The number of nitro groups is 1. The molecule has 0 bridgehead atoms. The van der Waals surface area contributed by atoms with Gasteiger partial charge in [0.25, 0.3) is 0 Å². The molecule has 0 saturated heterocycles. The molecule has 0 atom stereocenters. The van der Waals surface area contributed by atoms with Crippen LogP contribution in [0.5, 0.6) is 11.5 Å². The zero-order valence-electron chi connectivity index (χ0n) is 11.6. The normalized spacial score (nSPS) is 12.1. The zero-order valence-corrected chi connectivity index (χ0v) is 13.2. The summed E-state index contributed by atoms with van der Waals surface area (Å²) in [4.78, 5) is 21.7. The summed E-state index contributed by atoms with van der Waals surface area (Å²) in [5.74, 6) is -4.10. The number of aromatic hydroxyl groups is 2. The Bertz CT molecular complexity index is 885. The molecular weight excluding hydrogens is 374 g/mol. The first-order valence-corrected chi connectivity index (χ1v) is 6.91. The molecule has 0 radical (unpaired) electrons. The van der Waals surface area contributed by atoms with Gasteiger partial charge in [-0.15, -0.1) is 0 Å². The Hall–Kier alpha value is -2.81. The molecule has 4 N–H and O–H groups in total. The molecule has 0 fully saturated rings. The Morgan fingerprint density at radius 2 is 1.78 bits per heavy atom. The number of allylic oxidation sites excluding steroid dienone is 1. The lowest BCUT2D eigenvalue weighted by Crippen LogP contribution is -2.07. The van der Waals surface area contributed by atoms with Gasteiger partial charge >= 0.3 is 11.7 Å². The maximum Gasteiger partial charge on any atom is 0.340 e. The Kier molecular flexibility index (Phi) is 4.15. The Balaban J connectivity index is 3.18. The highest BCUT2D eigenvalue weighted by Crippen LogP contribution is 2.48. The Labute approximate surface area is 137 Å². The first-order valence-electron chi connectivity index (χ1n) is 6.11. The van der Waals surface area contributed by atoms with Gasteiger partial charge in [-0.3, -0.25) is 10.1 Å². The van der Waals surface area contributed by atoms with Crippen molar-refractivity contribution in [3.05, 3.63) is 44.1 Å². The van der Waals surface area contributed by atoms with E-state index in [4.69, 9.17) is 0 Å². The minimum absolute atomic E-state index is 0.00583. The van der Waals surface area contributed by atoms with Crippen LogP contribution in [0.2, 0.25) is 0 Å². The molecule has 2 aromatic carbocycles. The highest BCUT2D eigenvalue weighted by molar-refractivity contribution is 9.10. The van der Waals surface area contributed by atoms with Gasteiger partial charge in [-0.25, -0.2) is 4.79 Å². The number of aliphatic hydroxyl groups excluding tert-OH is 1. The van der Waals surface area contributed by atoms with Crippen LogP contribution in [0.4, 0.5) is 5.69 Å². The van der Waals surface area contributed by atoms with Gasteiger partial charge in [0, 0.05) is 15.2 Å². The van der Waals surface area contributed by atoms with Crippen LogP contribution < -0.4 is 0 Å². The second kappa shape index (κ2) is 5.76. The van der Waals surface area contributed by atoms with Gasteiger partial charge < -0.3 is 20.4 Å². The first kappa shape index (κ1) is 16.6. The number of carbonyl (C=O) groups is 1.